The molecule has 0 heterocycles. The number of carbonyl (C=O) groups excluding carboxylic acids is 3. The van der Waals surface area contributed by atoms with Crippen LogP contribution >= 0.6 is 15.6 Å². The van der Waals surface area contributed by atoms with Gasteiger partial charge in [-0.05, 0) is 19.3 Å². The molecule has 0 rings (SSSR count). The lowest BCUT2D eigenvalue weighted by molar-refractivity contribution is -0.166. The van der Waals surface area contributed by atoms with Gasteiger partial charge in [-0.25, -0.2) is 9.13 Å². The summed E-state index contributed by atoms with van der Waals surface area (Å²) < 4.78 is 64.1. The smallest absolute Gasteiger partial charge is 0.462 e. The summed E-state index contributed by atoms with van der Waals surface area (Å²) in [6.07, 6.45) is 1.93. The summed E-state index contributed by atoms with van der Waals surface area (Å²) in [5, 5.41) is 19.7. The number of hydrogen-bond donors (Lipinski definition) is 4. The molecule has 0 fully saturated rings. The number of aliphatic hydroxyl groups excluding tert-OH is 2. The van der Waals surface area contributed by atoms with Crippen LogP contribution in [0, 0.1) is 0 Å². The molecule has 0 aliphatic rings. The molecule has 0 aromatic rings. The van der Waals surface area contributed by atoms with Crippen LogP contribution in [0.3, 0.4) is 0 Å². The van der Waals surface area contributed by atoms with E-state index < -0.39 is 91.2 Å². The van der Waals surface area contributed by atoms with Gasteiger partial charge in [-0.1, -0.05) is 59.3 Å². The van der Waals surface area contributed by atoms with Gasteiger partial charge in [0, 0.05) is 19.8 Å². The van der Waals surface area contributed by atoms with Crippen LogP contribution in [0.25, 0.3) is 0 Å². The van der Waals surface area contributed by atoms with Gasteiger partial charge >= 0.3 is 33.6 Å². The van der Waals surface area contributed by atoms with E-state index in [0.29, 0.717) is 12.8 Å². The van der Waals surface area contributed by atoms with Gasteiger partial charge in [-0.15, -0.1) is 0 Å². The molecule has 47 heavy (non-hydrogen) atoms. The monoisotopic (exact) mass is 724 g/mol. The topological polar surface area (TPSA) is 240 Å². The number of phosphoric ester groups is 2. The molecule has 17 nitrogen and oxygen atoms in total. The van der Waals surface area contributed by atoms with Gasteiger partial charge in [0.1, 0.15) is 18.8 Å². The molecule has 0 aliphatic carbocycles. The van der Waals surface area contributed by atoms with Crippen molar-refractivity contribution in [3.05, 3.63) is 0 Å². The number of rotatable bonds is 30. The average Bonchev–Trinajstić information content (AvgIpc) is 3.01. The SMILES string of the molecule is CCCCCCCC(=O)O[C@H](COC(O)CC)COP(=O)(O)OC[C@H](O)COP(=O)(O)OC[C@@H](COC(C)=O)OC(=O)CCCCC. The Kier molecular flexibility index (Phi) is 25.6. The predicted molar refractivity (Wildman–Crippen MR) is 166 cm³/mol. The first-order valence-corrected chi connectivity index (χ1v) is 18.9. The molecular formula is C28H54O17P2. The van der Waals surface area contributed by atoms with Crippen molar-refractivity contribution in [2.75, 3.05) is 39.6 Å². The highest BCUT2D eigenvalue weighted by Crippen LogP contribution is 2.45. The number of esters is 3. The molecule has 4 N–H and O–H groups in total. The largest absolute Gasteiger partial charge is 0.472 e. The van der Waals surface area contributed by atoms with Crippen LogP contribution in [0.2, 0.25) is 0 Å². The summed E-state index contributed by atoms with van der Waals surface area (Å²) in [6.45, 7) is 2.92. The zero-order valence-corrected chi connectivity index (χ0v) is 29.6. The first kappa shape index (κ1) is 45.5. The van der Waals surface area contributed by atoms with Crippen molar-refractivity contribution >= 4 is 33.6 Å². The third kappa shape index (κ3) is 27.1. The molecule has 3 unspecified atom stereocenters. The maximum absolute atomic E-state index is 12.4. The minimum absolute atomic E-state index is 0.0864. The van der Waals surface area contributed by atoms with Crippen LogP contribution in [0.1, 0.15) is 98.3 Å². The lowest BCUT2D eigenvalue weighted by Gasteiger charge is -2.22. The molecule has 0 saturated carbocycles. The van der Waals surface area contributed by atoms with Crippen molar-refractivity contribution in [1.82, 2.24) is 0 Å². The standard InChI is InChI=1S/C28H54O17P2/c1-5-8-10-11-13-15-28(33)45-25(19-39-26(31)7-3)21-43-47(36,37)41-17-23(30)16-40-46(34,35)42-20-24(18-38-22(4)29)44-27(32)14-12-9-6-2/h23-26,30-31H,5-21H2,1-4H3,(H,34,35)(H,36,37)/t23-,24-,25-,26?/m1/s1. The molecule has 19 heteroatoms. The second kappa shape index (κ2) is 26.4. The Labute approximate surface area is 276 Å². The van der Waals surface area contributed by atoms with Crippen LogP contribution in [0.5, 0.6) is 0 Å². The van der Waals surface area contributed by atoms with Gasteiger partial charge < -0.3 is 38.9 Å². The summed E-state index contributed by atoms with van der Waals surface area (Å²) in [5.74, 6) is -1.88. The van der Waals surface area contributed by atoms with Crippen molar-refractivity contribution in [3.63, 3.8) is 0 Å². The molecule has 0 bridgehead atoms. The Hall–Kier alpha value is -1.49. The Morgan fingerprint density at radius 2 is 1.04 bits per heavy atom. The normalized spacial score (nSPS) is 16.7. The highest BCUT2D eigenvalue weighted by atomic mass is 31.2. The number of ether oxygens (including phenoxy) is 4. The molecule has 0 aromatic heterocycles. The average molecular weight is 725 g/mol. The minimum Gasteiger partial charge on any atom is -0.462 e. The molecular weight excluding hydrogens is 670 g/mol. The van der Waals surface area contributed by atoms with E-state index in [1.165, 1.54) is 0 Å². The molecule has 0 radical (unpaired) electrons. The third-order valence-electron chi connectivity index (χ3n) is 6.07. The molecule has 0 aromatic carbocycles. The van der Waals surface area contributed by atoms with Gasteiger partial charge in [0.15, 0.2) is 12.4 Å². The molecule has 0 amide bonds. The lowest BCUT2D eigenvalue weighted by atomic mass is 10.1. The number of aliphatic hydroxyl groups is 2. The minimum atomic E-state index is -4.85. The molecule has 0 saturated heterocycles. The summed E-state index contributed by atoms with van der Waals surface area (Å²) in [7, 11) is -9.69. The molecule has 0 aliphatic heterocycles. The van der Waals surface area contributed by atoms with E-state index in [4.69, 9.17) is 32.5 Å². The van der Waals surface area contributed by atoms with E-state index in [1.54, 1.807) is 6.92 Å². The number of carbonyl (C=O) groups is 3. The van der Waals surface area contributed by atoms with Crippen molar-refractivity contribution in [2.45, 2.75) is 123 Å². The first-order chi connectivity index (χ1) is 22.1. The Bertz CT molecular complexity index is 965. The first-order valence-electron chi connectivity index (χ1n) is 15.9. The summed E-state index contributed by atoms with van der Waals surface area (Å²) in [6, 6.07) is 0. The second-order valence-corrected chi connectivity index (χ2v) is 13.5. The maximum Gasteiger partial charge on any atom is 0.472 e. The van der Waals surface area contributed by atoms with E-state index in [2.05, 4.69) is 11.4 Å². The van der Waals surface area contributed by atoms with E-state index in [9.17, 15) is 43.5 Å². The van der Waals surface area contributed by atoms with Crippen molar-refractivity contribution in [2.24, 2.45) is 0 Å². The fourth-order valence-corrected chi connectivity index (χ4v) is 5.08. The number of unbranched alkanes of at least 4 members (excludes halogenated alkanes) is 6. The fourth-order valence-electron chi connectivity index (χ4n) is 3.50. The van der Waals surface area contributed by atoms with Gasteiger partial charge in [0.2, 0.25) is 0 Å². The summed E-state index contributed by atoms with van der Waals surface area (Å²) in [5.41, 5.74) is 0. The molecule has 278 valence electrons. The number of hydrogen-bond acceptors (Lipinski definition) is 15. The summed E-state index contributed by atoms with van der Waals surface area (Å²) in [4.78, 5) is 55.4. The zero-order chi connectivity index (χ0) is 35.7. The van der Waals surface area contributed by atoms with Crippen LogP contribution < -0.4 is 0 Å². The van der Waals surface area contributed by atoms with E-state index in [-0.39, 0.29) is 25.9 Å². The molecule has 6 atom stereocenters. The van der Waals surface area contributed by atoms with Crippen LogP contribution in [0.4, 0.5) is 0 Å². The zero-order valence-electron chi connectivity index (χ0n) is 27.8. The van der Waals surface area contributed by atoms with Crippen LogP contribution in [-0.4, -0.2) is 102 Å². The highest BCUT2D eigenvalue weighted by Gasteiger charge is 2.30. The Balaban J connectivity index is 4.82. The van der Waals surface area contributed by atoms with Crippen molar-refractivity contribution in [3.8, 4) is 0 Å². The lowest BCUT2D eigenvalue weighted by Crippen LogP contribution is -2.30. The van der Waals surface area contributed by atoms with Gasteiger partial charge in [0.05, 0.1) is 33.0 Å². The third-order valence-corrected chi connectivity index (χ3v) is 7.97. The number of phosphoric acid groups is 2. The highest BCUT2D eigenvalue weighted by molar-refractivity contribution is 7.47. The van der Waals surface area contributed by atoms with Crippen molar-refractivity contribution < 1.29 is 80.6 Å². The van der Waals surface area contributed by atoms with Crippen LogP contribution in [-0.2, 0) is 60.6 Å². The summed E-state index contributed by atoms with van der Waals surface area (Å²) >= 11 is 0. The van der Waals surface area contributed by atoms with Crippen LogP contribution in [0.15, 0.2) is 0 Å². The maximum atomic E-state index is 12.4. The Morgan fingerprint density at radius 3 is 1.51 bits per heavy atom. The Morgan fingerprint density at radius 1 is 0.617 bits per heavy atom. The second-order valence-electron chi connectivity index (χ2n) is 10.6. The molecule has 0 spiro atoms. The predicted octanol–water partition coefficient (Wildman–Crippen LogP) is 3.69. The van der Waals surface area contributed by atoms with E-state index in [1.807, 2.05) is 6.92 Å². The van der Waals surface area contributed by atoms with Gasteiger partial charge in [-0.2, -0.15) is 0 Å². The van der Waals surface area contributed by atoms with E-state index >= 15 is 0 Å². The van der Waals surface area contributed by atoms with Gasteiger partial charge in [0.25, 0.3) is 0 Å². The fraction of sp³-hybridized carbons (Fsp3) is 0.893. The van der Waals surface area contributed by atoms with Gasteiger partial charge in [-0.3, -0.25) is 32.5 Å². The van der Waals surface area contributed by atoms with E-state index in [0.717, 1.165) is 45.4 Å². The quantitative estimate of drug-likeness (QED) is 0.0271. The van der Waals surface area contributed by atoms with Crippen molar-refractivity contribution in [1.29, 1.82) is 0 Å².